The molecule has 0 aromatic carbocycles. The van der Waals surface area contributed by atoms with Crippen molar-refractivity contribution in [1.82, 2.24) is 14.9 Å². The molecule has 8 nitrogen and oxygen atoms in total. The fraction of sp³-hybridized carbons (Fsp3) is 0.615. The van der Waals surface area contributed by atoms with Crippen LogP contribution in [0.5, 0.6) is 0 Å². The molecule has 9 heteroatoms. The molecule has 0 unspecified atom stereocenters. The Labute approximate surface area is 129 Å². The average molecular weight is 325 g/mol. The van der Waals surface area contributed by atoms with Gasteiger partial charge in [-0.2, -0.15) is 4.98 Å². The maximum Gasteiger partial charge on any atom is 0.325 e. The minimum absolute atomic E-state index is 0.0183. The number of anilines is 2. The second-order valence-corrected chi connectivity index (χ2v) is 7.57. The van der Waals surface area contributed by atoms with Gasteiger partial charge in [0, 0.05) is 24.8 Å². The number of hydrogen-bond acceptors (Lipinski definition) is 5. The summed E-state index contributed by atoms with van der Waals surface area (Å²) >= 11 is 0. The van der Waals surface area contributed by atoms with Crippen LogP contribution >= 0.6 is 0 Å². The lowest BCUT2D eigenvalue weighted by Crippen LogP contribution is -2.49. The predicted molar refractivity (Wildman–Crippen MR) is 82.1 cm³/mol. The quantitative estimate of drug-likeness (QED) is 0.900. The first-order valence-electron chi connectivity index (χ1n) is 7.23. The summed E-state index contributed by atoms with van der Waals surface area (Å²) < 4.78 is 24.8. The number of nitrogens with zero attached hydrogens (tertiary/aromatic N) is 4. The average Bonchev–Trinajstić information content (AvgIpc) is 2.95. The van der Waals surface area contributed by atoms with Gasteiger partial charge in [-0.15, -0.1) is 0 Å². The van der Waals surface area contributed by atoms with Crippen LogP contribution in [0.1, 0.15) is 31.2 Å². The zero-order valence-electron chi connectivity index (χ0n) is 12.6. The molecule has 0 radical (unpaired) electrons. The molecule has 1 fully saturated rings. The number of fused-ring (bicyclic) bond motifs is 1. The third-order valence-corrected chi connectivity index (χ3v) is 4.63. The smallest absolute Gasteiger partial charge is 0.317 e. The Morgan fingerprint density at radius 2 is 2.00 bits per heavy atom. The van der Waals surface area contributed by atoms with E-state index in [4.69, 9.17) is 0 Å². The molecule has 1 saturated carbocycles. The van der Waals surface area contributed by atoms with Gasteiger partial charge in [0.1, 0.15) is 5.82 Å². The Balaban J connectivity index is 1.90. The van der Waals surface area contributed by atoms with Gasteiger partial charge in [-0.3, -0.25) is 9.62 Å². The van der Waals surface area contributed by atoms with Crippen molar-refractivity contribution >= 4 is 27.8 Å². The van der Waals surface area contributed by atoms with Gasteiger partial charge in [-0.05, 0) is 12.8 Å². The van der Waals surface area contributed by atoms with Gasteiger partial charge in [0.25, 0.3) is 0 Å². The summed E-state index contributed by atoms with van der Waals surface area (Å²) in [5.41, 5.74) is 0.827. The largest absolute Gasteiger partial charge is 0.325 e. The first-order valence-corrected chi connectivity index (χ1v) is 9.12. The van der Waals surface area contributed by atoms with E-state index in [0.29, 0.717) is 12.4 Å². The lowest BCUT2D eigenvalue weighted by molar-refractivity contribution is 0.174. The van der Waals surface area contributed by atoms with Gasteiger partial charge in [-0.1, -0.05) is 12.8 Å². The van der Waals surface area contributed by atoms with Crippen molar-refractivity contribution in [3.8, 4) is 0 Å². The Kier molecular flexibility index (Phi) is 3.67. The van der Waals surface area contributed by atoms with Crippen LogP contribution in [0.3, 0.4) is 0 Å². The van der Waals surface area contributed by atoms with E-state index in [9.17, 15) is 13.2 Å². The second-order valence-electron chi connectivity index (χ2n) is 5.82. The van der Waals surface area contributed by atoms with Crippen molar-refractivity contribution in [2.75, 3.05) is 22.9 Å². The van der Waals surface area contributed by atoms with Gasteiger partial charge in [-0.25, -0.2) is 18.2 Å². The van der Waals surface area contributed by atoms with Crippen molar-refractivity contribution in [1.29, 1.82) is 0 Å². The van der Waals surface area contributed by atoms with Gasteiger partial charge < -0.3 is 4.90 Å². The maximum absolute atomic E-state index is 12.5. The van der Waals surface area contributed by atoms with E-state index < -0.39 is 10.0 Å². The highest BCUT2D eigenvalue weighted by atomic mass is 32.2. The molecular weight excluding hydrogens is 306 g/mol. The fourth-order valence-corrected chi connectivity index (χ4v) is 3.48. The van der Waals surface area contributed by atoms with Gasteiger partial charge in [0.05, 0.1) is 12.8 Å². The standard InChI is InChI=1S/C13H19N5O3S/c1-17-11-9(7-14-12(15-11)16-22(2,20)21)8-18(13(17)19)10-5-3-4-6-10/h7,10H,3-6,8H2,1-2H3,(H,14,15,16). The van der Waals surface area contributed by atoms with E-state index >= 15 is 0 Å². The lowest BCUT2D eigenvalue weighted by Gasteiger charge is -2.37. The number of carbonyl (C=O) groups is 1. The molecule has 0 bridgehead atoms. The van der Waals surface area contributed by atoms with Crippen LogP contribution < -0.4 is 9.62 Å². The van der Waals surface area contributed by atoms with Crippen LogP contribution in [-0.4, -0.2) is 48.7 Å². The molecule has 0 atom stereocenters. The predicted octanol–water partition coefficient (Wildman–Crippen LogP) is 1.16. The Bertz CT molecular complexity index is 700. The van der Waals surface area contributed by atoms with Crippen molar-refractivity contribution in [3.05, 3.63) is 11.8 Å². The normalized spacial score (nSPS) is 19.5. The van der Waals surface area contributed by atoms with E-state index in [-0.39, 0.29) is 18.0 Å². The van der Waals surface area contributed by atoms with Crippen LogP contribution in [0.25, 0.3) is 0 Å². The third kappa shape index (κ3) is 2.85. The lowest BCUT2D eigenvalue weighted by atomic mass is 10.1. The second kappa shape index (κ2) is 5.38. The fourth-order valence-electron chi connectivity index (χ4n) is 3.05. The van der Waals surface area contributed by atoms with E-state index in [2.05, 4.69) is 14.7 Å². The van der Waals surface area contributed by atoms with Crippen molar-refractivity contribution in [2.24, 2.45) is 0 Å². The molecule has 1 aliphatic heterocycles. The molecule has 22 heavy (non-hydrogen) atoms. The molecule has 2 amide bonds. The minimum Gasteiger partial charge on any atom is -0.317 e. The molecule has 2 aliphatic rings. The molecule has 1 N–H and O–H groups in total. The van der Waals surface area contributed by atoms with E-state index in [1.165, 1.54) is 4.90 Å². The summed E-state index contributed by atoms with van der Waals surface area (Å²) in [6.07, 6.45) is 6.98. The van der Waals surface area contributed by atoms with E-state index in [0.717, 1.165) is 37.5 Å². The number of sulfonamides is 1. The summed E-state index contributed by atoms with van der Waals surface area (Å²) in [7, 11) is -1.80. The Morgan fingerprint density at radius 3 is 2.64 bits per heavy atom. The number of nitrogens with one attached hydrogen (secondary N) is 1. The molecule has 1 aromatic rings. The van der Waals surface area contributed by atoms with Crippen LogP contribution in [-0.2, 0) is 16.6 Å². The number of rotatable bonds is 3. The minimum atomic E-state index is -3.45. The molecule has 1 aromatic heterocycles. The summed E-state index contributed by atoms with van der Waals surface area (Å²) in [5, 5.41) is 0. The van der Waals surface area contributed by atoms with Crippen LogP contribution in [0.15, 0.2) is 6.20 Å². The number of carbonyl (C=O) groups excluding carboxylic acids is 1. The summed E-state index contributed by atoms with van der Waals surface area (Å²) in [6.45, 7) is 0.475. The zero-order chi connectivity index (χ0) is 15.9. The highest BCUT2D eigenvalue weighted by molar-refractivity contribution is 7.91. The highest BCUT2D eigenvalue weighted by Gasteiger charge is 2.35. The Hall–Kier alpha value is -1.90. The van der Waals surface area contributed by atoms with E-state index in [1.807, 2.05) is 4.90 Å². The molecule has 2 heterocycles. The molecule has 3 rings (SSSR count). The highest BCUT2D eigenvalue weighted by Crippen LogP contribution is 2.32. The van der Waals surface area contributed by atoms with Gasteiger partial charge >= 0.3 is 6.03 Å². The SMILES string of the molecule is CN1C(=O)N(C2CCCC2)Cc2cnc(NS(C)(=O)=O)nc21. The topological polar surface area (TPSA) is 95.5 Å². The first kappa shape index (κ1) is 15.0. The van der Waals surface area contributed by atoms with Crippen molar-refractivity contribution < 1.29 is 13.2 Å². The molecule has 0 spiro atoms. The molecule has 0 saturated heterocycles. The third-order valence-electron chi connectivity index (χ3n) is 4.07. The van der Waals surface area contributed by atoms with Crippen LogP contribution in [0.2, 0.25) is 0 Å². The molecule has 120 valence electrons. The number of aromatic nitrogens is 2. The number of hydrogen-bond donors (Lipinski definition) is 1. The van der Waals surface area contributed by atoms with Gasteiger partial charge in [0.15, 0.2) is 0 Å². The molecular formula is C13H19N5O3S. The maximum atomic E-state index is 12.5. The van der Waals surface area contributed by atoms with Crippen LogP contribution in [0, 0.1) is 0 Å². The van der Waals surface area contributed by atoms with Crippen molar-refractivity contribution in [2.45, 2.75) is 38.3 Å². The zero-order valence-corrected chi connectivity index (χ0v) is 13.4. The van der Waals surface area contributed by atoms with Gasteiger partial charge in [0.2, 0.25) is 16.0 Å². The number of amides is 2. The molecule has 1 aliphatic carbocycles. The van der Waals surface area contributed by atoms with Crippen molar-refractivity contribution in [3.63, 3.8) is 0 Å². The summed E-state index contributed by atoms with van der Waals surface area (Å²) in [4.78, 5) is 24.1. The Morgan fingerprint density at radius 1 is 1.32 bits per heavy atom. The van der Waals surface area contributed by atoms with E-state index in [1.54, 1.807) is 13.2 Å². The first-order chi connectivity index (χ1) is 10.3. The number of urea groups is 1. The van der Waals surface area contributed by atoms with Crippen LogP contribution in [0.4, 0.5) is 16.6 Å². The monoisotopic (exact) mass is 325 g/mol. The summed E-state index contributed by atoms with van der Waals surface area (Å²) in [6, 6.07) is 0.181. The summed E-state index contributed by atoms with van der Waals surface area (Å²) in [5.74, 6) is 0.440.